The van der Waals surface area contributed by atoms with Crippen molar-refractivity contribution in [1.82, 2.24) is 9.97 Å². The molecule has 0 amide bonds. The summed E-state index contributed by atoms with van der Waals surface area (Å²) in [5, 5.41) is 2.73. The highest BCUT2D eigenvalue weighted by atomic mass is 79.9. The van der Waals surface area contributed by atoms with E-state index in [9.17, 15) is 8.42 Å². The zero-order valence-electron chi connectivity index (χ0n) is 10.9. The molecule has 0 aliphatic carbocycles. The average molecular weight is 357 g/mol. The lowest BCUT2D eigenvalue weighted by Gasteiger charge is -2.10. The number of aromatic nitrogens is 2. The van der Waals surface area contributed by atoms with Crippen molar-refractivity contribution < 1.29 is 8.42 Å². The van der Waals surface area contributed by atoms with Gasteiger partial charge in [-0.1, -0.05) is 6.07 Å². The van der Waals surface area contributed by atoms with Gasteiger partial charge in [-0.2, -0.15) is 0 Å². The minimum atomic E-state index is -3.71. The van der Waals surface area contributed by atoms with E-state index in [1.54, 1.807) is 13.1 Å². The van der Waals surface area contributed by atoms with E-state index in [2.05, 4.69) is 35.9 Å². The molecule has 106 valence electrons. The molecule has 0 unspecified atom stereocenters. The van der Waals surface area contributed by atoms with Crippen molar-refractivity contribution in [1.29, 1.82) is 0 Å². The Kier molecular flexibility index (Phi) is 4.24. The van der Waals surface area contributed by atoms with Crippen molar-refractivity contribution in [2.75, 3.05) is 17.1 Å². The molecule has 2 N–H and O–H groups in total. The van der Waals surface area contributed by atoms with Gasteiger partial charge in [0.05, 0.1) is 18.1 Å². The summed E-state index contributed by atoms with van der Waals surface area (Å²) >= 11 is 3.33. The Balaban J connectivity index is 2.30. The summed E-state index contributed by atoms with van der Waals surface area (Å²) < 4.78 is 27.6. The molecular weight excluding hydrogens is 344 g/mol. The second-order valence-corrected chi connectivity index (χ2v) is 6.62. The highest BCUT2D eigenvalue weighted by molar-refractivity contribution is 9.10. The number of benzene rings is 1. The number of sulfonamides is 1. The Labute approximate surface area is 125 Å². The van der Waals surface area contributed by atoms with E-state index >= 15 is 0 Å². The second-order valence-electron chi connectivity index (χ2n) is 4.08. The standard InChI is InChI=1S/C12H13BrN4O2S/c1-8-3-4-11(10(13)5-8)17-20(18,19)9-6-15-12(14-2)16-7-9/h3-7,17H,1-2H3,(H,14,15,16). The topological polar surface area (TPSA) is 84.0 Å². The maximum Gasteiger partial charge on any atom is 0.265 e. The maximum atomic E-state index is 12.2. The molecule has 0 spiro atoms. The Morgan fingerprint density at radius 2 is 1.85 bits per heavy atom. The molecule has 2 aromatic rings. The van der Waals surface area contributed by atoms with Crippen LogP contribution in [0.4, 0.5) is 11.6 Å². The van der Waals surface area contributed by atoms with Gasteiger partial charge in [-0.05, 0) is 40.5 Å². The second kappa shape index (κ2) is 5.76. The molecular formula is C12H13BrN4O2S. The van der Waals surface area contributed by atoms with E-state index < -0.39 is 10.0 Å². The van der Waals surface area contributed by atoms with Crippen LogP contribution in [-0.2, 0) is 10.0 Å². The van der Waals surface area contributed by atoms with E-state index in [-0.39, 0.29) is 4.90 Å². The summed E-state index contributed by atoms with van der Waals surface area (Å²) in [4.78, 5) is 7.78. The van der Waals surface area contributed by atoms with Crippen molar-refractivity contribution in [2.24, 2.45) is 0 Å². The van der Waals surface area contributed by atoms with Crippen LogP contribution in [0.25, 0.3) is 0 Å². The lowest BCUT2D eigenvalue weighted by atomic mass is 10.2. The third-order valence-corrected chi connectivity index (χ3v) is 4.51. The average Bonchev–Trinajstić information content (AvgIpc) is 2.42. The first kappa shape index (κ1) is 14.7. The maximum absolute atomic E-state index is 12.2. The van der Waals surface area contributed by atoms with Gasteiger partial charge in [-0.3, -0.25) is 4.72 Å². The number of hydrogen-bond acceptors (Lipinski definition) is 5. The van der Waals surface area contributed by atoms with E-state index in [1.807, 2.05) is 19.1 Å². The number of halogens is 1. The van der Waals surface area contributed by atoms with Gasteiger partial charge in [0.1, 0.15) is 4.90 Å². The fraction of sp³-hybridized carbons (Fsp3) is 0.167. The van der Waals surface area contributed by atoms with Crippen molar-refractivity contribution >= 4 is 37.6 Å². The van der Waals surface area contributed by atoms with Gasteiger partial charge < -0.3 is 5.32 Å². The van der Waals surface area contributed by atoms with Crippen LogP contribution in [0.5, 0.6) is 0 Å². The molecule has 20 heavy (non-hydrogen) atoms. The van der Waals surface area contributed by atoms with Gasteiger partial charge in [-0.25, -0.2) is 18.4 Å². The van der Waals surface area contributed by atoms with E-state index in [0.717, 1.165) is 5.56 Å². The minimum Gasteiger partial charge on any atom is -0.357 e. The minimum absolute atomic E-state index is 0.00368. The lowest BCUT2D eigenvalue weighted by molar-refractivity contribution is 0.600. The fourth-order valence-corrected chi connectivity index (χ4v) is 3.18. The van der Waals surface area contributed by atoms with E-state index in [4.69, 9.17) is 0 Å². The molecule has 0 aliphatic rings. The summed E-state index contributed by atoms with van der Waals surface area (Å²) in [6.45, 7) is 1.92. The van der Waals surface area contributed by atoms with Gasteiger partial charge in [0.15, 0.2) is 0 Å². The van der Waals surface area contributed by atoms with Crippen molar-refractivity contribution in [3.8, 4) is 0 Å². The molecule has 0 saturated heterocycles. The first-order chi connectivity index (χ1) is 9.42. The summed E-state index contributed by atoms with van der Waals surface area (Å²) in [6, 6.07) is 5.35. The number of nitrogens with one attached hydrogen (secondary N) is 2. The van der Waals surface area contributed by atoms with Gasteiger partial charge in [0.2, 0.25) is 5.95 Å². The first-order valence-electron chi connectivity index (χ1n) is 5.71. The number of hydrogen-bond donors (Lipinski definition) is 2. The third kappa shape index (κ3) is 3.26. The molecule has 1 aromatic carbocycles. The zero-order chi connectivity index (χ0) is 14.8. The van der Waals surface area contributed by atoms with Crippen LogP contribution in [0.15, 0.2) is 40.0 Å². The van der Waals surface area contributed by atoms with E-state index in [0.29, 0.717) is 16.1 Å². The van der Waals surface area contributed by atoms with Gasteiger partial charge >= 0.3 is 0 Å². The number of aryl methyl sites for hydroxylation is 1. The van der Waals surface area contributed by atoms with Crippen LogP contribution in [0, 0.1) is 6.92 Å². The molecule has 0 saturated carbocycles. The molecule has 1 heterocycles. The smallest absolute Gasteiger partial charge is 0.265 e. The lowest BCUT2D eigenvalue weighted by Crippen LogP contribution is -2.14. The molecule has 0 bridgehead atoms. The molecule has 2 rings (SSSR count). The SMILES string of the molecule is CNc1ncc(S(=O)(=O)Nc2ccc(C)cc2Br)cn1. The summed E-state index contributed by atoms with van der Waals surface area (Å²) in [5.41, 5.74) is 1.50. The fourth-order valence-electron chi connectivity index (χ4n) is 1.49. The Morgan fingerprint density at radius 1 is 1.20 bits per heavy atom. The summed E-state index contributed by atoms with van der Waals surface area (Å²) in [5.74, 6) is 0.362. The molecule has 1 aromatic heterocycles. The molecule has 0 radical (unpaired) electrons. The summed E-state index contributed by atoms with van der Waals surface area (Å²) in [6.07, 6.45) is 2.51. The normalized spacial score (nSPS) is 11.2. The van der Waals surface area contributed by atoms with Crippen molar-refractivity contribution in [2.45, 2.75) is 11.8 Å². The Morgan fingerprint density at radius 3 is 2.40 bits per heavy atom. The van der Waals surface area contributed by atoms with Gasteiger partial charge in [0, 0.05) is 11.5 Å². The van der Waals surface area contributed by atoms with Gasteiger partial charge in [-0.15, -0.1) is 0 Å². The van der Waals surface area contributed by atoms with Crippen LogP contribution >= 0.6 is 15.9 Å². The largest absolute Gasteiger partial charge is 0.357 e. The van der Waals surface area contributed by atoms with E-state index in [1.165, 1.54) is 12.4 Å². The molecule has 6 nitrogen and oxygen atoms in total. The predicted molar refractivity (Wildman–Crippen MR) is 81.3 cm³/mol. The van der Waals surface area contributed by atoms with Crippen LogP contribution in [-0.4, -0.2) is 25.4 Å². The van der Waals surface area contributed by atoms with Crippen LogP contribution < -0.4 is 10.0 Å². The molecule has 0 atom stereocenters. The van der Waals surface area contributed by atoms with Crippen molar-refractivity contribution in [3.05, 3.63) is 40.6 Å². The summed E-state index contributed by atoms with van der Waals surface area (Å²) in [7, 11) is -2.05. The Bertz CT molecular complexity index is 717. The number of anilines is 2. The highest BCUT2D eigenvalue weighted by Crippen LogP contribution is 2.25. The quantitative estimate of drug-likeness (QED) is 0.878. The molecule has 0 aliphatic heterocycles. The number of nitrogens with zero attached hydrogens (tertiary/aromatic N) is 2. The highest BCUT2D eigenvalue weighted by Gasteiger charge is 2.16. The third-order valence-electron chi connectivity index (χ3n) is 2.53. The molecule has 8 heteroatoms. The van der Waals surface area contributed by atoms with Crippen molar-refractivity contribution in [3.63, 3.8) is 0 Å². The number of rotatable bonds is 4. The monoisotopic (exact) mass is 356 g/mol. The van der Waals surface area contributed by atoms with Crippen LogP contribution in [0.2, 0.25) is 0 Å². The zero-order valence-corrected chi connectivity index (χ0v) is 13.3. The van der Waals surface area contributed by atoms with Crippen LogP contribution in [0.3, 0.4) is 0 Å². The first-order valence-corrected chi connectivity index (χ1v) is 7.99. The van der Waals surface area contributed by atoms with Crippen LogP contribution in [0.1, 0.15) is 5.56 Å². The van der Waals surface area contributed by atoms with Gasteiger partial charge in [0.25, 0.3) is 10.0 Å². The Hall–Kier alpha value is -1.67. The molecule has 0 fully saturated rings. The predicted octanol–water partition coefficient (Wildman–Crippen LogP) is 2.39.